The molecule has 0 spiro atoms. The van der Waals surface area contributed by atoms with E-state index in [-0.39, 0.29) is 11.2 Å². The van der Waals surface area contributed by atoms with Crippen molar-refractivity contribution in [2.24, 2.45) is 0 Å². The number of nitrogen functional groups attached to an aromatic ring is 1. The van der Waals surface area contributed by atoms with Crippen LogP contribution in [-0.4, -0.2) is 31.2 Å². The molecule has 0 fully saturated rings. The van der Waals surface area contributed by atoms with Gasteiger partial charge in [0.05, 0.1) is 5.25 Å². The Morgan fingerprint density at radius 1 is 1.67 bits per heavy atom. The smallest absolute Gasteiger partial charge is 0.238 e. The first-order valence-electron chi connectivity index (χ1n) is 5.12. The molecule has 9 heteroatoms. The van der Waals surface area contributed by atoms with Crippen LogP contribution in [0.3, 0.4) is 0 Å². The Balaban J connectivity index is 1.95. The van der Waals surface area contributed by atoms with Crippen LogP contribution in [0.2, 0.25) is 0 Å². The molecule has 0 aliphatic heterocycles. The Bertz CT molecular complexity index is 551. The molecular formula is C9H12N6O2S. The lowest BCUT2D eigenvalue weighted by Crippen LogP contribution is -2.23. The average Bonchev–Trinajstić information content (AvgIpc) is 2.89. The third-order valence-electron chi connectivity index (χ3n) is 2.07. The Morgan fingerprint density at radius 2 is 2.44 bits per heavy atom. The molecule has 2 rings (SSSR count). The second kappa shape index (κ2) is 5.08. The van der Waals surface area contributed by atoms with Crippen molar-refractivity contribution in [1.29, 1.82) is 0 Å². The van der Waals surface area contributed by atoms with Crippen LogP contribution in [0.4, 0.5) is 5.82 Å². The maximum Gasteiger partial charge on any atom is 0.238 e. The monoisotopic (exact) mass is 268 g/mol. The van der Waals surface area contributed by atoms with Gasteiger partial charge in [-0.3, -0.25) is 4.79 Å². The fourth-order valence-corrected chi connectivity index (χ4v) is 1.93. The SMILES string of the molecule is Cc1cc(NC(=O)[C@@H](C)Sc2nncn2N)no1. The highest BCUT2D eigenvalue weighted by Crippen LogP contribution is 2.20. The van der Waals surface area contributed by atoms with E-state index >= 15 is 0 Å². The molecule has 8 nitrogen and oxygen atoms in total. The minimum Gasteiger partial charge on any atom is -0.360 e. The molecule has 2 aromatic heterocycles. The zero-order chi connectivity index (χ0) is 13.1. The van der Waals surface area contributed by atoms with Crippen LogP contribution in [-0.2, 0) is 4.79 Å². The minimum absolute atomic E-state index is 0.212. The Kier molecular flexibility index (Phi) is 3.51. The van der Waals surface area contributed by atoms with Gasteiger partial charge >= 0.3 is 0 Å². The van der Waals surface area contributed by atoms with Crippen molar-refractivity contribution in [2.75, 3.05) is 11.2 Å². The molecule has 96 valence electrons. The largest absolute Gasteiger partial charge is 0.360 e. The summed E-state index contributed by atoms with van der Waals surface area (Å²) in [6.07, 6.45) is 1.37. The molecule has 18 heavy (non-hydrogen) atoms. The van der Waals surface area contributed by atoms with Gasteiger partial charge in [-0.25, -0.2) is 4.68 Å². The lowest BCUT2D eigenvalue weighted by atomic mass is 10.4. The van der Waals surface area contributed by atoms with E-state index in [1.807, 2.05) is 0 Å². The van der Waals surface area contributed by atoms with Crippen LogP contribution >= 0.6 is 11.8 Å². The van der Waals surface area contributed by atoms with Gasteiger partial charge in [-0.15, -0.1) is 10.2 Å². The molecule has 2 heterocycles. The van der Waals surface area contributed by atoms with Crippen molar-refractivity contribution < 1.29 is 9.32 Å². The van der Waals surface area contributed by atoms with Gasteiger partial charge in [0.25, 0.3) is 0 Å². The maximum atomic E-state index is 11.8. The second-order valence-corrected chi connectivity index (χ2v) is 4.90. The molecule has 0 aliphatic carbocycles. The normalized spacial score (nSPS) is 12.3. The summed E-state index contributed by atoms with van der Waals surface area (Å²) < 4.78 is 6.11. The first kappa shape index (κ1) is 12.4. The van der Waals surface area contributed by atoms with Crippen molar-refractivity contribution >= 4 is 23.5 Å². The molecule has 0 unspecified atom stereocenters. The quantitative estimate of drug-likeness (QED) is 0.610. The van der Waals surface area contributed by atoms with E-state index in [0.717, 1.165) is 0 Å². The van der Waals surface area contributed by atoms with Crippen molar-refractivity contribution in [3.05, 3.63) is 18.2 Å². The fourth-order valence-electron chi connectivity index (χ4n) is 1.18. The summed E-state index contributed by atoms with van der Waals surface area (Å²) in [4.78, 5) is 11.8. The van der Waals surface area contributed by atoms with Gasteiger partial charge in [0.1, 0.15) is 12.1 Å². The lowest BCUT2D eigenvalue weighted by molar-refractivity contribution is -0.115. The molecule has 1 atom stereocenters. The van der Waals surface area contributed by atoms with Crippen LogP contribution in [0, 0.1) is 6.92 Å². The molecule has 0 aliphatic rings. The van der Waals surface area contributed by atoms with Gasteiger partial charge < -0.3 is 15.7 Å². The highest BCUT2D eigenvalue weighted by molar-refractivity contribution is 8.00. The highest BCUT2D eigenvalue weighted by atomic mass is 32.2. The van der Waals surface area contributed by atoms with Gasteiger partial charge in [0.15, 0.2) is 5.82 Å². The van der Waals surface area contributed by atoms with E-state index in [9.17, 15) is 4.79 Å². The van der Waals surface area contributed by atoms with E-state index in [0.29, 0.717) is 16.7 Å². The van der Waals surface area contributed by atoms with E-state index in [1.165, 1.54) is 22.8 Å². The topological polar surface area (TPSA) is 112 Å². The van der Waals surface area contributed by atoms with Crippen molar-refractivity contribution in [3.8, 4) is 0 Å². The summed E-state index contributed by atoms with van der Waals surface area (Å²) in [6.45, 7) is 3.49. The van der Waals surface area contributed by atoms with E-state index in [4.69, 9.17) is 10.4 Å². The number of nitrogens with one attached hydrogen (secondary N) is 1. The van der Waals surface area contributed by atoms with Gasteiger partial charge in [0, 0.05) is 6.07 Å². The average molecular weight is 268 g/mol. The van der Waals surface area contributed by atoms with Crippen LogP contribution in [0.1, 0.15) is 12.7 Å². The summed E-state index contributed by atoms with van der Waals surface area (Å²) in [5.41, 5.74) is 0. The number of anilines is 1. The summed E-state index contributed by atoms with van der Waals surface area (Å²) >= 11 is 1.20. The highest BCUT2D eigenvalue weighted by Gasteiger charge is 2.18. The number of nitrogens with zero attached hydrogens (tertiary/aromatic N) is 4. The number of nitrogens with two attached hydrogens (primary N) is 1. The van der Waals surface area contributed by atoms with Crippen molar-refractivity contribution in [2.45, 2.75) is 24.3 Å². The molecular weight excluding hydrogens is 256 g/mol. The zero-order valence-corrected chi connectivity index (χ0v) is 10.6. The van der Waals surface area contributed by atoms with Gasteiger partial charge in [0.2, 0.25) is 11.1 Å². The van der Waals surface area contributed by atoms with Crippen LogP contribution in [0.5, 0.6) is 0 Å². The Hall–Kier alpha value is -2.03. The molecule has 2 aromatic rings. The molecule has 0 aromatic carbocycles. The van der Waals surface area contributed by atoms with Crippen molar-refractivity contribution in [1.82, 2.24) is 20.0 Å². The summed E-state index contributed by atoms with van der Waals surface area (Å²) in [5, 5.41) is 13.8. The second-order valence-electron chi connectivity index (χ2n) is 3.59. The fraction of sp³-hybridized carbons (Fsp3) is 0.333. The molecule has 1 amide bonds. The molecule has 3 N–H and O–H groups in total. The number of aryl methyl sites for hydroxylation is 1. The molecule has 0 saturated carbocycles. The van der Waals surface area contributed by atoms with E-state index in [1.54, 1.807) is 19.9 Å². The van der Waals surface area contributed by atoms with Gasteiger partial charge in [-0.2, -0.15) is 0 Å². The number of thioether (sulfide) groups is 1. The summed E-state index contributed by atoms with van der Waals surface area (Å²) in [7, 11) is 0. The minimum atomic E-state index is -0.381. The number of rotatable bonds is 4. The number of carbonyl (C=O) groups is 1. The molecule has 0 bridgehead atoms. The number of aromatic nitrogens is 4. The summed E-state index contributed by atoms with van der Waals surface area (Å²) in [5.74, 6) is 6.36. The molecule has 0 saturated heterocycles. The predicted molar refractivity (Wildman–Crippen MR) is 65.4 cm³/mol. The zero-order valence-electron chi connectivity index (χ0n) is 9.82. The summed E-state index contributed by atoms with van der Waals surface area (Å²) in [6, 6.07) is 1.64. The van der Waals surface area contributed by atoms with Crippen molar-refractivity contribution in [3.63, 3.8) is 0 Å². The van der Waals surface area contributed by atoms with E-state index < -0.39 is 0 Å². The van der Waals surface area contributed by atoms with E-state index in [2.05, 4.69) is 20.7 Å². The van der Waals surface area contributed by atoms with Gasteiger partial charge in [-0.1, -0.05) is 16.9 Å². The predicted octanol–water partition coefficient (Wildman–Crippen LogP) is 0.408. The number of carbonyl (C=O) groups excluding carboxylic acids is 1. The lowest BCUT2D eigenvalue weighted by Gasteiger charge is -2.08. The first-order chi connectivity index (χ1) is 8.56. The third kappa shape index (κ3) is 2.80. The third-order valence-corrected chi connectivity index (χ3v) is 3.14. The number of hydrogen-bond acceptors (Lipinski definition) is 7. The standard InChI is InChI=1S/C9H12N6O2S/c1-5-3-7(14-17-5)12-8(16)6(2)18-9-13-11-4-15(9)10/h3-4,6H,10H2,1-2H3,(H,12,14,16)/t6-/m1/s1. The molecule has 0 radical (unpaired) electrons. The van der Waals surface area contributed by atoms with Crippen LogP contribution in [0.25, 0.3) is 0 Å². The first-order valence-corrected chi connectivity index (χ1v) is 6.00. The Morgan fingerprint density at radius 3 is 3.00 bits per heavy atom. The van der Waals surface area contributed by atoms with Gasteiger partial charge in [-0.05, 0) is 13.8 Å². The van der Waals surface area contributed by atoms with Crippen LogP contribution in [0.15, 0.2) is 22.1 Å². The number of hydrogen-bond donors (Lipinski definition) is 2. The maximum absolute atomic E-state index is 11.8. The van der Waals surface area contributed by atoms with Crippen LogP contribution < -0.4 is 11.2 Å². The number of amides is 1. The Labute approximate surface area is 107 Å².